The highest BCUT2D eigenvalue weighted by Gasteiger charge is 2.23. The Morgan fingerprint density at radius 2 is 0.767 bits per heavy atom. The van der Waals surface area contributed by atoms with Gasteiger partial charge in [-0.3, -0.25) is 9.36 Å². The Morgan fingerprint density at radius 3 is 1.11 bits per heavy atom. The zero-order valence-corrected chi connectivity index (χ0v) is 50.5. The highest BCUT2D eigenvalue weighted by Crippen LogP contribution is 2.38. The number of phosphoric acid groups is 1. The van der Waals surface area contributed by atoms with Gasteiger partial charge in [0.2, 0.25) is 5.91 Å². The van der Waals surface area contributed by atoms with Crippen LogP contribution in [0.5, 0.6) is 0 Å². The fourth-order valence-corrected chi connectivity index (χ4v) is 10.6. The van der Waals surface area contributed by atoms with Crippen LogP contribution in [0.4, 0.5) is 0 Å². The second kappa shape index (κ2) is 55.7. The average molecular weight is 1050 g/mol. The molecule has 0 aromatic rings. The first-order valence-corrected chi connectivity index (χ1v) is 33.7. The molecule has 0 aliphatic heterocycles. The first-order chi connectivity index (χ1) is 35.5. The summed E-state index contributed by atoms with van der Waals surface area (Å²) >= 11 is 0. The molecule has 2 N–H and O–H groups in total. The summed E-state index contributed by atoms with van der Waals surface area (Å²) in [6.45, 7) is 4.69. The number of unbranched alkanes of at least 4 members (excludes halogenated alkanes) is 45. The Kier molecular flexibility index (Phi) is 54.9. The molecule has 0 aliphatic carbocycles. The summed E-state index contributed by atoms with van der Waals surface area (Å²) in [7, 11) is 1.26. The van der Waals surface area contributed by atoms with Crippen LogP contribution in [0.25, 0.3) is 0 Å². The summed E-state index contributed by atoms with van der Waals surface area (Å²) in [5.41, 5.74) is 0. The van der Waals surface area contributed by atoms with E-state index in [1.807, 2.05) is 27.2 Å². The van der Waals surface area contributed by atoms with Crippen LogP contribution in [-0.4, -0.2) is 68.5 Å². The number of quaternary nitrogens is 1. The van der Waals surface area contributed by atoms with Crippen molar-refractivity contribution in [3.8, 4) is 0 Å². The van der Waals surface area contributed by atoms with Crippen molar-refractivity contribution in [2.45, 2.75) is 341 Å². The third-order valence-corrected chi connectivity index (χ3v) is 15.9. The van der Waals surface area contributed by atoms with Gasteiger partial charge in [0, 0.05) is 6.42 Å². The minimum Gasteiger partial charge on any atom is -0.756 e. The maximum atomic E-state index is 13.0. The molecule has 0 radical (unpaired) electrons. The van der Waals surface area contributed by atoms with Gasteiger partial charge in [-0.25, -0.2) is 0 Å². The van der Waals surface area contributed by atoms with Crippen molar-refractivity contribution in [1.82, 2.24) is 5.32 Å². The van der Waals surface area contributed by atoms with E-state index >= 15 is 0 Å². The summed E-state index contributed by atoms with van der Waals surface area (Å²) in [6, 6.07) is -0.901. The largest absolute Gasteiger partial charge is 0.756 e. The van der Waals surface area contributed by atoms with Gasteiger partial charge in [-0.1, -0.05) is 314 Å². The molecule has 0 spiro atoms. The van der Waals surface area contributed by atoms with Crippen molar-refractivity contribution >= 4 is 13.7 Å². The van der Waals surface area contributed by atoms with E-state index in [9.17, 15) is 19.4 Å². The molecular formula is C64H127N2O6P. The van der Waals surface area contributed by atoms with Crippen molar-refractivity contribution in [1.29, 1.82) is 0 Å². The van der Waals surface area contributed by atoms with Crippen molar-refractivity contribution in [3.05, 3.63) is 24.3 Å². The van der Waals surface area contributed by atoms with Gasteiger partial charge in [-0.05, 0) is 32.1 Å². The number of nitrogens with one attached hydrogen (secondary N) is 1. The third-order valence-electron chi connectivity index (χ3n) is 14.9. The number of aliphatic hydroxyl groups excluding tert-OH is 1. The van der Waals surface area contributed by atoms with Crippen LogP contribution >= 0.6 is 7.82 Å². The quantitative estimate of drug-likeness (QED) is 0.0272. The number of phosphoric ester groups is 1. The zero-order chi connectivity index (χ0) is 53.5. The van der Waals surface area contributed by atoms with Gasteiger partial charge >= 0.3 is 0 Å². The number of hydrogen-bond donors (Lipinski definition) is 2. The number of hydrogen-bond acceptors (Lipinski definition) is 6. The fourth-order valence-electron chi connectivity index (χ4n) is 9.88. The lowest BCUT2D eigenvalue weighted by Crippen LogP contribution is -2.45. The molecule has 0 bridgehead atoms. The number of amides is 1. The van der Waals surface area contributed by atoms with Gasteiger partial charge < -0.3 is 28.8 Å². The standard InChI is InChI=1S/C64H127N2O6P/c1-6-8-10-12-14-16-18-20-22-24-26-28-30-32-34-35-37-39-41-43-45-47-49-51-53-55-57-63(67)62(61-72-73(69,70)71-60-59-66(3,4)5)65-64(68)58-56-54-52-50-48-46-44-42-40-38-36-33-31-29-27-25-23-21-19-17-15-13-11-9-7-2/h47,49,55,57,62-63,67H,6-46,48,50-54,56,58-61H2,1-5H3,(H-,65,68,69,70)/b49-47+,57-55+. The maximum absolute atomic E-state index is 13.0. The molecule has 0 saturated heterocycles. The van der Waals surface area contributed by atoms with Crippen LogP contribution in [0.1, 0.15) is 328 Å². The molecule has 3 atom stereocenters. The van der Waals surface area contributed by atoms with Crippen LogP contribution < -0.4 is 10.2 Å². The van der Waals surface area contributed by atoms with Crippen molar-refractivity contribution in [2.24, 2.45) is 0 Å². The number of carbonyl (C=O) groups is 1. The Balaban J connectivity index is 4.14. The van der Waals surface area contributed by atoms with Gasteiger partial charge in [0.15, 0.2) is 0 Å². The molecule has 0 fully saturated rings. The van der Waals surface area contributed by atoms with Crippen molar-refractivity contribution in [2.75, 3.05) is 40.9 Å². The zero-order valence-electron chi connectivity index (χ0n) is 49.6. The van der Waals surface area contributed by atoms with Gasteiger partial charge in [0.25, 0.3) is 7.82 Å². The molecule has 0 rings (SSSR count). The molecule has 0 aliphatic rings. The Hall–Kier alpha value is -1.02. The molecule has 0 aromatic heterocycles. The van der Waals surface area contributed by atoms with E-state index in [0.717, 1.165) is 38.5 Å². The molecular weight excluding hydrogens is 924 g/mol. The number of rotatable bonds is 60. The van der Waals surface area contributed by atoms with E-state index in [4.69, 9.17) is 9.05 Å². The fraction of sp³-hybridized carbons (Fsp3) is 0.922. The molecule has 9 heteroatoms. The maximum Gasteiger partial charge on any atom is 0.268 e. The molecule has 3 unspecified atom stereocenters. The second-order valence-electron chi connectivity index (χ2n) is 23.5. The third kappa shape index (κ3) is 58.5. The number of nitrogens with zero attached hydrogens (tertiary/aromatic N) is 1. The Morgan fingerprint density at radius 1 is 0.466 bits per heavy atom. The van der Waals surface area contributed by atoms with Gasteiger partial charge in [-0.2, -0.15) is 0 Å². The molecule has 73 heavy (non-hydrogen) atoms. The summed E-state index contributed by atoms with van der Waals surface area (Å²) in [5.74, 6) is -0.199. The summed E-state index contributed by atoms with van der Waals surface area (Å²) in [6.07, 6.45) is 71.4. The van der Waals surface area contributed by atoms with Crippen LogP contribution in [0, 0.1) is 0 Å². The van der Waals surface area contributed by atoms with Gasteiger partial charge in [-0.15, -0.1) is 0 Å². The number of aliphatic hydroxyl groups is 1. The van der Waals surface area contributed by atoms with Crippen molar-refractivity contribution in [3.63, 3.8) is 0 Å². The summed E-state index contributed by atoms with van der Waals surface area (Å²) in [4.78, 5) is 25.6. The monoisotopic (exact) mass is 1050 g/mol. The van der Waals surface area contributed by atoms with Crippen LogP contribution in [0.15, 0.2) is 24.3 Å². The van der Waals surface area contributed by atoms with Crippen LogP contribution in [0.3, 0.4) is 0 Å². The SMILES string of the molecule is CCCCCCCCCCCCCCCCCCCCCC/C=C/CC/C=C/C(O)C(COP(=O)([O-])OCC[N+](C)(C)C)NC(=O)CCCCCCCCCCCCCCCCCCCCCCCCCCC. The number of carbonyl (C=O) groups excluding carboxylic acids is 1. The Labute approximate surface area is 455 Å². The van der Waals surface area contributed by atoms with Gasteiger partial charge in [0.05, 0.1) is 39.9 Å². The predicted molar refractivity (Wildman–Crippen MR) is 316 cm³/mol. The molecule has 0 aromatic carbocycles. The summed E-state index contributed by atoms with van der Waals surface area (Å²) < 4.78 is 23.4. The van der Waals surface area contributed by atoms with E-state index in [0.29, 0.717) is 17.4 Å². The van der Waals surface area contributed by atoms with Crippen LogP contribution in [-0.2, 0) is 18.4 Å². The lowest BCUT2D eigenvalue weighted by molar-refractivity contribution is -0.870. The summed E-state index contributed by atoms with van der Waals surface area (Å²) in [5, 5.41) is 13.9. The normalized spacial score (nSPS) is 13.9. The lowest BCUT2D eigenvalue weighted by Gasteiger charge is -2.29. The van der Waals surface area contributed by atoms with E-state index < -0.39 is 20.0 Å². The lowest BCUT2D eigenvalue weighted by atomic mass is 10.0. The molecule has 1 amide bonds. The highest BCUT2D eigenvalue weighted by molar-refractivity contribution is 7.45. The average Bonchev–Trinajstić information content (AvgIpc) is 3.35. The van der Waals surface area contributed by atoms with E-state index in [-0.39, 0.29) is 19.1 Å². The molecule has 8 nitrogen and oxygen atoms in total. The molecule has 0 saturated carbocycles. The predicted octanol–water partition coefficient (Wildman–Crippen LogP) is 19.3. The topological polar surface area (TPSA) is 108 Å². The van der Waals surface area contributed by atoms with E-state index in [2.05, 4.69) is 31.3 Å². The van der Waals surface area contributed by atoms with Crippen molar-refractivity contribution < 1.29 is 32.9 Å². The van der Waals surface area contributed by atoms with Gasteiger partial charge in [0.1, 0.15) is 13.2 Å². The number of allylic oxidation sites excluding steroid dienone is 3. The second-order valence-corrected chi connectivity index (χ2v) is 24.9. The Bertz CT molecular complexity index is 1240. The van der Waals surface area contributed by atoms with E-state index in [1.165, 1.54) is 270 Å². The number of likely N-dealkylation sites (N-methyl/N-ethyl adjacent to an activating group) is 1. The van der Waals surface area contributed by atoms with E-state index in [1.54, 1.807) is 6.08 Å². The minimum absolute atomic E-state index is 0.00352. The first-order valence-electron chi connectivity index (χ1n) is 32.2. The minimum atomic E-state index is -4.61. The smallest absolute Gasteiger partial charge is 0.268 e. The first kappa shape index (κ1) is 72.0. The van der Waals surface area contributed by atoms with Crippen LogP contribution in [0.2, 0.25) is 0 Å². The molecule has 0 heterocycles. The molecule has 434 valence electrons. The highest BCUT2D eigenvalue weighted by atomic mass is 31.2.